The minimum atomic E-state index is -0.705. The topological polar surface area (TPSA) is 75.4 Å². The Balaban J connectivity index is 1.81. The lowest BCUT2D eigenvalue weighted by Crippen LogP contribution is -2.48. The highest BCUT2D eigenvalue weighted by atomic mass is 32.2. The molecule has 0 saturated heterocycles. The van der Waals surface area contributed by atoms with Crippen LogP contribution in [0.25, 0.3) is 0 Å². The van der Waals surface area contributed by atoms with Gasteiger partial charge in [-0.15, -0.1) is 0 Å². The molecule has 1 amide bonds. The van der Waals surface area contributed by atoms with Gasteiger partial charge in [0.15, 0.2) is 5.69 Å². The molecule has 4 rings (SSSR count). The highest BCUT2D eigenvalue weighted by molar-refractivity contribution is 7.98. The first kappa shape index (κ1) is 22.9. The highest BCUT2D eigenvalue weighted by Crippen LogP contribution is 2.44. The number of rotatable bonds is 6. The van der Waals surface area contributed by atoms with E-state index in [0.717, 1.165) is 37.9 Å². The van der Waals surface area contributed by atoms with Crippen LogP contribution in [0.3, 0.4) is 0 Å². The maximum Gasteiger partial charge on any atom is 0.315 e. The Morgan fingerprint density at radius 1 is 1.16 bits per heavy atom. The van der Waals surface area contributed by atoms with Crippen molar-refractivity contribution in [2.24, 2.45) is 0 Å². The number of carbonyl (C=O) groups is 1. The van der Waals surface area contributed by atoms with Crippen LogP contribution in [-0.4, -0.2) is 50.6 Å². The molecule has 32 heavy (non-hydrogen) atoms. The Morgan fingerprint density at radius 3 is 2.44 bits per heavy atom. The molecule has 1 aromatic carbocycles. The molecule has 1 N–H and O–H groups in total. The summed E-state index contributed by atoms with van der Waals surface area (Å²) in [5.74, 6) is 0.742. The SMILES string of the molecule is CSCC[C@H]1Cn2c(CC3(c4cc(C)cc(C)c4)CCCC3)nc(=O)c(O)c2C(=O)N1C. The minimum absolute atomic E-state index is 0.0191. The summed E-state index contributed by atoms with van der Waals surface area (Å²) in [7, 11) is 1.76. The van der Waals surface area contributed by atoms with Gasteiger partial charge in [-0.05, 0) is 50.7 Å². The van der Waals surface area contributed by atoms with E-state index in [1.54, 1.807) is 23.7 Å². The van der Waals surface area contributed by atoms with E-state index in [4.69, 9.17) is 0 Å². The molecule has 7 heteroatoms. The molecule has 0 radical (unpaired) electrons. The van der Waals surface area contributed by atoms with Crippen molar-refractivity contribution in [2.45, 2.75) is 70.4 Å². The number of aromatic nitrogens is 2. The van der Waals surface area contributed by atoms with Gasteiger partial charge in [0, 0.05) is 25.4 Å². The van der Waals surface area contributed by atoms with Gasteiger partial charge >= 0.3 is 5.56 Å². The Hall–Kier alpha value is -2.28. The summed E-state index contributed by atoms with van der Waals surface area (Å²) in [6.07, 6.45) is 7.86. The van der Waals surface area contributed by atoms with Crippen LogP contribution in [0.2, 0.25) is 0 Å². The molecular formula is C25H33N3O3S. The largest absolute Gasteiger partial charge is 0.501 e. The number of fused-ring (bicyclic) bond motifs is 1. The number of aryl methyl sites for hydroxylation is 2. The number of aromatic hydroxyl groups is 1. The lowest BCUT2D eigenvalue weighted by atomic mass is 9.75. The predicted octanol–water partition coefficient (Wildman–Crippen LogP) is 3.83. The Labute approximate surface area is 194 Å². The molecule has 1 fully saturated rings. The number of carbonyl (C=O) groups excluding carboxylic acids is 1. The summed E-state index contributed by atoms with van der Waals surface area (Å²) in [5, 5.41) is 10.5. The van der Waals surface area contributed by atoms with Gasteiger partial charge in [-0.2, -0.15) is 16.7 Å². The van der Waals surface area contributed by atoms with Gasteiger partial charge < -0.3 is 14.6 Å². The lowest BCUT2D eigenvalue weighted by Gasteiger charge is -2.37. The number of amides is 1. The van der Waals surface area contributed by atoms with Crippen molar-refractivity contribution in [2.75, 3.05) is 19.1 Å². The fourth-order valence-electron chi connectivity index (χ4n) is 5.54. The maximum absolute atomic E-state index is 13.2. The van der Waals surface area contributed by atoms with Crippen LogP contribution < -0.4 is 5.56 Å². The molecular weight excluding hydrogens is 422 g/mol. The Kier molecular flexibility index (Phi) is 6.39. The molecule has 0 spiro atoms. The molecule has 1 aliphatic carbocycles. The van der Waals surface area contributed by atoms with Crippen molar-refractivity contribution in [1.29, 1.82) is 0 Å². The average molecular weight is 456 g/mol. The van der Waals surface area contributed by atoms with Gasteiger partial charge in [-0.1, -0.05) is 42.2 Å². The van der Waals surface area contributed by atoms with E-state index >= 15 is 0 Å². The van der Waals surface area contributed by atoms with Gasteiger partial charge in [0.05, 0.1) is 6.04 Å². The first-order valence-corrected chi connectivity index (χ1v) is 12.8. The second kappa shape index (κ2) is 8.93. The van der Waals surface area contributed by atoms with E-state index in [9.17, 15) is 14.7 Å². The summed E-state index contributed by atoms with van der Waals surface area (Å²) in [5.41, 5.74) is 3.05. The van der Waals surface area contributed by atoms with Crippen molar-refractivity contribution < 1.29 is 9.90 Å². The van der Waals surface area contributed by atoms with Crippen molar-refractivity contribution in [3.05, 3.63) is 56.8 Å². The third-order valence-electron chi connectivity index (χ3n) is 7.25. The summed E-state index contributed by atoms with van der Waals surface area (Å²) < 4.78 is 1.84. The zero-order chi connectivity index (χ0) is 23.0. The molecule has 1 aromatic heterocycles. The van der Waals surface area contributed by atoms with Crippen LogP contribution in [0.1, 0.15) is 65.1 Å². The number of hydrogen-bond donors (Lipinski definition) is 1. The van der Waals surface area contributed by atoms with E-state index in [1.807, 2.05) is 4.57 Å². The van der Waals surface area contributed by atoms with Gasteiger partial charge in [-0.3, -0.25) is 9.59 Å². The van der Waals surface area contributed by atoms with Crippen LogP contribution in [0.15, 0.2) is 23.0 Å². The third-order valence-corrected chi connectivity index (χ3v) is 7.89. The van der Waals surface area contributed by atoms with E-state index in [0.29, 0.717) is 18.8 Å². The van der Waals surface area contributed by atoms with E-state index < -0.39 is 11.3 Å². The third kappa shape index (κ3) is 4.07. The quantitative estimate of drug-likeness (QED) is 0.717. The van der Waals surface area contributed by atoms with Crippen LogP contribution in [0.4, 0.5) is 0 Å². The summed E-state index contributed by atoms with van der Waals surface area (Å²) in [6, 6.07) is 6.72. The number of hydrogen-bond acceptors (Lipinski definition) is 5. The van der Waals surface area contributed by atoms with Gasteiger partial charge in [0.25, 0.3) is 5.91 Å². The predicted molar refractivity (Wildman–Crippen MR) is 129 cm³/mol. The van der Waals surface area contributed by atoms with E-state index in [-0.39, 0.29) is 23.1 Å². The van der Waals surface area contributed by atoms with Crippen molar-refractivity contribution in [1.82, 2.24) is 14.5 Å². The maximum atomic E-state index is 13.2. The fourth-order valence-corrected chi connectivity index (χ4v) is 6.05. The second-order valence-corrected chi connectivity index (χ2v) is 10.5. The molecule has 1 aliphatic heterocycles. The first-order valence-electron chi connectivity index (χ1n) is 11.4. The van der Waals surface area contributed by atoms with E-state index in [2.05, 4.69) is 43.3 Å². The zero-order valence-electron chi connectivity index (χ0n) is 19.5. The molecule has 1 atom stereocenters. The number of thioether (sulfide) groups is 1. The standard InChI is InChI=1S/C25H33N3O3S/c1-16-11-17(2)13-18(12-16)25(8-5-6-9-25)14-20-26-23(30)22(29)21-24(31)27(3)19(7-10-32-4)15-28(20)21/h11-13,19,29H,5-10,14-15H2,1-4H3/t19-/m0/s1. The molecule has 1 saturated carbocycles. The molecule has 172 valence electrons. The first-order chi connectivity index (χ1) is 15.3. The van der Waals surface area contributed by atoms with Crippen molar-refractivity contribution in [3.63, 3.8) is 0 Å². The molecule has 6 nitrogen and oxygen atoms in total. The van der Waals surface area contributed by atoms with Crippen molar-refractivity contribution >= 4 is 17.7 Å². The summed E-state index contributed by atoms with van der Waals surface area (Å²) >= 11 is 1.75. The average Bonchev–Trinajstić information content (AvgIpc) is 3.22. The lowest BCUT2D eigenvalue weighted by molar-refractivity contribution is 0.0638. The van der Waals surface area contributed by atoms with Crippen molar-refractivity contribution in [3.8, 4) is 5.75 Å². The van der Waals surface area contributed by atoms with Crippen LogP contribution in [0.5, 0.6) is 5.75 Å². The zero-order valence-corrected chi connectivity index (χ0v) is 20.3. The number of benzene rings is 1. The highest BCUT2D eigenvalue weighted by Gasteiger charge is 2.40. The van der Waals surface area contributed by atoms with Crippen LogP contribution >= 0.6 is 11.8 Å². The smallest absolute Gasteiger partial charge is 0.315 e. The minimum Gasteiger partial charge on any atom is -0.501 e. The second-order valence-electron chi connectivity index (χ2n) is 9.53. The van der Waals surface area contributed by atoms with Gasteiger partial charge in [-0.25, -0.2) is 0 Å². The number of likely N-dealkylation sites (N-methyl/N-ethyl adjacent to an activating group) is 1. The monoisotopic (exact) mass is 455 g/mol. The van der Waals surface area contributed by atoms with Crippen LogP contribution in [0, 0.1) is 13.8 Å². The summed E-state index contributed by atoms with van der Waals surface area (Å²) in [4.78, 5) is 31.7. The Bertz CT molecular complexity index is 1070. The molecule has 2 aliphatic rings. The Morgan fingerprint density at radius 2 is 1.81 bits per heavy atom. The van der Waals surface area contributed by atoms with Gasteiger partial charge in [0.2, 0.25) is 5.75 Å². The summed E-state index contributed by atoms with van der Waals surface area (Å²) in [6.45, 7) is 4.79. The molecule has 0 bridgehead atoms. The normalized spacial score (nSPS) is 19.9. The van der Waals surface area contributed by atoms with Gasteiger partial charge in [0.1, 0.15) is 5.82 Å². The molecule has 2 aromatic rings. The van der Waals surface area contributed by atoms with Crippen LogP contribution in [-0.2, 0) is 18.4 Å². The fraction of sp³-hybridized carbons (Fsp3) is 0.560. The van der Waals surface area contributed by atoms with E-state index in [1.165, 1.54) is 16.7 Å². The number of nitrogens with zero attached hydrogens (tertiary/aromatic N) is 3. The molecule has 0 unspecified atom stereocenters. The molecule has 2 heterocycles.